The normalized spacial score (nSPS) is 13.1. The van der Waals surface area contributed by atoms with Crippen LogP contribution in [-0.2, 0) is 4.79 Å². The molecule has 2 heteroatoms. The first-order valence-electron chi connectivity index (χ1n) is 22.1. The molecular weight excluding hydrogens is 657 g/mol. The van der Waals surface area contributed by atoms with Crippen LogP contribution in [0.25, 0.3) is 21.5 Å². The van der Waals surface area contributed by atoms with E-state index in [9.17, 15) is 4.79 Å². The first kappa shape index (κ1) is 45.3. The van der Waals surface area contributed by atoms with Gasteiger partial charge in [-0.2, -0.15) is 0 Å². The van der Waals surface area contributed by atoms with Crippen LogP contribution in [0.3, 0.4) is 0 Å². The van der Waals surface area contributed by atoms with E-state index in [1.54, 1.807) is 5.56 Å². The zero-order chi connectivity index (χ0) is 39.8. The minimum absolute atomic E-state index is 0.296. The van der Waals surface area contributed by atoms with E-state index >= 15 is 0 Å². The molecule has 0 aromatic heterocycles. The Kier molecular flexibility index (Phi) is 17.8. The van der Waals surface area contributed by atoms with Crippen molar-refractivity contribution in [3.8, 4) is 5.75 Å². The molecule has 0 bridgehead atoms. The van der Waals surface area contributed by atoms with E-state index in [0.29, 0.717) is 33.3 Å². The van der Waals surface area contributed by atoms with Crippen LogP contribution in [0, 0.1) is 21.7 Å². The highest BCUT2D eigenvalue weighted by atomic mass is 16.5. The summed E-state index contributed by atoms with van der Waals surface area (Å²) in [7, 11) is 0. The van der Waals surface area contributed by atoms with Gasteiger partial charge in [0.1, 0.15) is 5.75 Å². The third-order valence-corrected chi connectivity index (χ3v) is 14.5. The molecule has 0 radical (unpaired) electrons. The molecule has 2 nitrogen and oxygen atoms in total. The van der Waals surface area contributed by atoms with Gasteiger partial charge in [0.25, 0.3) is 0 Å². The SMILES string of the molecule is CC(=O)Oc1ccc2c(ccc3ccccc32)c1.CCCC(CC)(CC)CC(CC(CC)c1ccccc1)(CC(CC)(CC)CC)CC(CC)(CC)CC. The van der Waals surface area contributed by atoms with E-state index < -0.39 is 0 Å². The summed E-state index contributed by atoms with van der Waals surface area (Å²) in [6.07, 6.45) is 20.1. The highest BCUT2D eigenvalue weighted by molar-refractivity contribution is 6.07. The Morgan fingerprint density at radius 2 is 1.02 bits per heavy atom. The lowest BCUT2D eigenvalue weighted by atomic mass is 9.52. The van der Waals surface area contributed by atoms with Crippen molar-refractivity contribution >= 4 is 27.5 Å². The van der Waals surface area contributed by atoms with Gasteiger partial charge in [-0.3, -0.25) is 4.79 Å². The maximum Gasteiger partial charge on any atom is 0.308 e. The van der Waals surface area contributed by atoms with Crippen molar-refractivity contribution in [1.82, 2.24) is 0 Å². The number of hydrogen-bond donors (Lipinski definition) is 0. The van der Waals surface area contributed by atoms with Crippen molar-refractivity contribution in [2.24, 2.45) is 21.7 Å². The first-order valence-corrected chi connectivity index (χ1v) is 22.1. The van der Waals surface area contributed by atoms with Gasteiger partial charge in [-0.05, 0) is 105 Å². The second-order valence-corrected chi connectivity index (χ2v) is 17.1. The van der Waals surface area contributed by atoms with Crippen LogP contribution < -0.4 is 4.74 Å². The molecule has 1 atom stereocenters. The van der Waals surface area contributed by atoms with Crippen LogP contribution >= 0.6 is 0 Å². The van der Waals surface area contributed by atoms with Crippen LogP contribution in [0.5, 0.6) is 5.75 Å². The smallest absolute Gasteiger partial charge is 0.308 e. The standard InChI is InChI=1S/C36H66.C16H12O2/c1-11-26-35(19-9,20-10)30-36(28-33(13-3,14-4)15-5,29-34(16-6,17-7)18-8)27-31(12-2)32-24-22-21-23-25-32;1-11(17)18-14-8-9-16-13(10-14)7-6-12-4-2-3-5-15(12)16/h21-25,31H,11-20,26-30H2,1-10H3;2-10H,1H3. The number of carbonyl (C=O) groups is 1. The molecule has 0 aliphatic rings. The molecule has 0 aliphatic heterocycles. The fraction of sp³-hybridized carbons (Fsp3) is 0.596. The molecule has 0 aliphatic carbocycles. The molecule has 0 amide bonds. The summed E-state index contributed by atoms with van der Waals surface area (Å²) in [6, 6.07) is 29.6. The van der Waals surface area contributed by atoms with Crippen LogP contribution in [0.2, 0.25) is 0 Å². The number of carbonyl (C=O) groups excluding carboxylic acids is 1. The van der Waals surface area contributed by atoms with Crippen LogP contribution in [-0.4, -0.2) is 5.97 Å². The summed E-state index contributed by atoms with van der Waals surface area (Å²) >= 11 is 0. The summed E-state index contributed by atoms with van der Waals surface area (Å²) < 4.78 is 5.10. The summed E-state index contributed by atoms with van der Waals surface area (Å²) in [5.41, 5.74) is 3.38. The van der Waals surface area contributed by atoms with E-state index in [1.165, 1.54) is 119 Å². The van der Waals surface area contributed by atoms with Gasteiger partial charge in [0.15, 0.2) is 0 Å². The second-order valence-electron chi connectivity index (χ2n) is 17.1. The molecule has 0 heterocycles. The maximum absolute atomic E-state index is 10.9. The van der Waals surface area contributed by atoms with Gasteiger partial charge in [-0.25, -0.2) is 0 Å². The number of hydrogen-bond acceptors (Lipinski definition) is 2. The number of rotatable bonds is 21. The minimum atomic E-state index is -0.296. The van der Waals surface area contributed by atoms with Gasteiger partial charge in [0.05, 0.1) is 0 Å². The van der Waals surface area contributed by atoms with E-state index in [-0.39, 0.29) is 5.97 Å². The van der Waals surface area contributed by atoms with Crippen LogP contribution in [0.1, 0.15) is 184 Å². The third kappa shape index (κ3) is 11.5. The fourth-order valence-corrected chi connectivity index (χ4v) is 10.5. The Balaban J connectivity index is 0.000000358. The quantitative estimate of drug-likeness (QED) is 0.0484. The molecule has 0 saturated heterocycles. The van der Waals surface area contributed by atoms with E-state index in [1.807, 2.05) is 36.4 Å². The maximum atomic E-state index is 10.9. The monoisotopic (exact) mass is 735 g/mol. The molecule has 1 unspecified atom stereocenters. The van der Waals surface area contributed by atoms with Gasteiger partial charge in [0, 0.05) is 6.92 Å². The highest BCUT2D eigenvalue weighted by Crippen LogP contribution is 2.59. The van der Waals surface area contributed by atoms with Crippen molar-refractivity contribution < 1.29 is 9.53 Å². The molecule has 298 valence electrons. The Morgan fingerprint density at radius 1 is 0.537 bits per heavy atom. The Hall–Kier alpha value is -3.13. The Morgan fingerprint density at radius 3 is 1.52 bits per heavy atom. The van der Waals surface area contributed by atoms with Crippen molar-refractivity contribution in [1.29, 1.82) is 0 Å². The number of benzene rings is 4. The minimum Gasteiger partial charge on any atom is -0.427 e. The van der Waals surface area contributed by atoms with Gasteiger partial charge >= 0.3 is 5.97 Å². The molecule has 54 heavy (non-hydrogen) atoms. The van der Waals surface area contributed by atoms with Crippen LogP contribution in [0.4, 0.5) is 0 Å². The fourth-order valence-electron chi connectivity index (χ4n) is 10.5. The largest absolute Gasteiger partial charge is 0.427 e. The van der Waals surface area contributed by atoms with Gasteiger partial charge in [-0.1, -0.05) is 200 Å². The topological polar surface area (TPSA) is 26.3 Å². The summed E-state index contributed by atoms with van der Waals surface area (Å²) in [4.78, 5) is 10.9. The molecule has 4 rings (SSSR count). The molecular formula is C52H78O2. The number of esters is 1. The van der Waals surface area contributed by atoms with Gasteiger partial charge in [-0.15, -0.1) is 0 Å². The molecule has 0 fully saturated rings. The molecule has 4 aromatic rings. The third-order valence-electron chi connectivity index (χ3n) is 14.5. The average Bonchev–Trinajstić information content (AvgIpc) is 3.21. The lowest BCUT2D eigenvalue weighted by molar-refractivity contribution is -0.131. The molecule has 4 aromatic carbocycles. The van der Waals surface area contributed by atoms with E-state index in [0.717, 1.165) is 5.39 Å². The molecule has 0 spiro atoms. The Bertz CT molecular complexity index is 1630. The predicted octanol–water partition coefficient (Wildman–Crippen LogP) is 16.7. The van der Waals surface area contributed by atoms with Crippen molar-refractivity contribution in [2.45, 2.75) is 178 Å². The van der Waals surface area contributed by atoms with E-state index in [4.69, 9.17) is 4.74 Å². The van der Waals surface area contributed by atoms with Crippen molar-refractivity contribution in [3.63, 3.8) is 0 Å². The summed E-state index contributed by atoms with van der Waals surface area (Å²) in [5, 5.41) is 4.67. The van der Waals surface area contributed by atoms with Crippen molar-refractivity contribution in [2.75, 3.05) is 0 Å². The van der Waals surface area contributed by atoms with Crippen LogP contribution in [0.15, 0.2) is 84.9 Å². The van der Waals surface area contributed by atoms with E-state index in [2.05, 4.69) is 118 Å². The lowest BCUT2D eigenvalue weighted by Gasteiger charge is -2.53. The highest BCUT2D eigenvalue weighted by Gasteiger charge is 2.47. The Labute approximate surface area is 332 Å². The first-order chi connectivity index (χ1) is 25.9. The summed E-state index contributed by atoms with van der Waals surface area (Å²) in [5.74, 6) is 0.950. The molecule has 0 saturated carbocycles. The lowest BCUT2D eigenvalue weighted by Crippen LogP contribution is -2.41. The second kappa shape index (κ2) is 21.2. The number of fused-ring (bicyclic) bond motifs is 3. The predicted molar refractivity (Wildman–Crippen MR) is 238 cm³/mol. The van der Waals surface area contributed by atoms with Gasteiger partial charge in [0.2, 0.25) is 0 Å². The number of ether oxygens (including phenoxy) is 1. The van der Waals surface area contributed by atoms with Gasteiger partial charge < -0.3 is 4.74 Å². The zero-order valence-electron chi connectivity index (χ0n) is 36.6. The average molecular weight is 735 g/mol. The summed E-state index contributed by atoms with van der Waals surface area (Å²) in [6.45, 7) is 26.2. The van der Waals surface area contributed by atoms with Crippen molar-refractivity contribution in [3.05, 3.63) is 90.5 Å². The zero-order valence-corrected chi connectivity index (χ0v) is 36.6. The molecule has 0 N–H and O–H groups in total.